The second-order valence-electron chi connectivity index (χ2n) is 12.2. The Bertz CT molecular complexity index is 1250. The van der Waals surface area contributed by atoms with Crippen molar-refractivity contribution >= 4 is 17.7 Å². The maximum absolute atomic E-state index is 13.7. The lowest BCUT2D eigenvalue weighted by atomic mass is 9.80. The minimum absolute atomic E-state index is 0.0318. The molecule has 3 fully saturated rings. The van der Waals surface area contributed by atoms with Gasteiger partial charge in [0.15, 0.2) is 0 Å². The summed E-state index contributed by atoms with van der Waals surface area (Å²) in [6.45, 7) is 4.86. The van der Waals surface area contributed by atoms with E-state index in [2.05, 4.69) is 22.5 Å². The average molecular weight is 577 g/mol. The summed E-state index contributed by atoms with van der Waals surface area (Å²) >= 11 is 0. The minimum atomic E-state index is -0.851. The Morgan fingerprint density at radius 1 is 1.00 bits per heavy atom. The molecule has 1 aliphatic carbocycles. The third-order valence-corrected chi connectivity index (χ3v) is 9.25. The van der Waals surface area contributed by atoms with E-state index in [1.165, 1.54) is 0 Å². The lowest BCUT2D eigenvalue weighted by molar-refractivity contribution is -0.163. The topological polar surface area (TPSA) is 111 Å². The lowest BCUT2D eigenvalue weighted by Gasteiger charge is -2.52. The number of unbranched alkanes of at least 4 members (excludes halogenated alkanes) is 1. The van der Waals surface area contributed by atoms with Crippen LogP contribution in [0.4, 0.5) is 0 Å². The van der Waals surface area contributed by atoms with Gasteiger partial charge in [0.25, 0.3) is 5.91 Å². The van der Waals surface area contributed by atoms with Crippen LogP contribution < -0.4 is 15.4 Å². The summed E-state index contributed by atoms with van der Waals surface area (Å²) in [4.78, 5) is 43.3. The molecule has 1 atom stereocenters. The highest BCUT2D eigenvalue weighted by Crippen LogP contribution is 2.38. The van der Waals surface area contributed by atoms with Gasteiger partial charge >= 0.3 is 0 Å². The highest BCUT2D eigenvalue weighted by atomic mass is 16.5. The van der Waals surface area contributed by atoms with Gasteiger partial charge in [-0.3, -0.25) is 19.3 Å². The predicted octanol–water partition coefficient (Wildman–Crippen LogP) is 4.00. The average Bonchev–Trinajstić information content (AvgIpc) is 3.43. The van der Waals surface area contributed by atoms with Gasteiger partial charge in [0.05, 0.1) is 5.60 Å². The van der Waals surface area contributed by atoms with Gasteiger partial charge in [0, 0.05) is 45.2 Å². The van der Waals surface area contributed by atoms with Crippen LogP contribution in [0.1, 0.15) is 80.6 Å². The van der Waals surface area contributed by atoms with E-state index < -0.39 is 17.2 Å². The first-order valence-electron chi connectivity index (χ1n) is 15.4. The summed E-state index contributed by atoms with van der Waals surface area (Å²) in [5, 5.41) is 16.6. The molecule has 1 saturated carbocycles. The van der Waals surface area contributed by atoms with Crippen LogP contribution >= 0.6 is 0 Å². The number of carbonyl (C=O) groups excluding carboxylic acids is 3. The molecule has 5 rings (SSSR count). The Kier molecular flexibility index (Phi) is 9.18. The largest absolute Gasteiger partial charge is 0.457 e. The summed E-state index contributed by atoms with van der Waals surface area (Å²) < 4.78 is 5.95. The van der Waals surface area contributed by atoms with E-state index in [0.717, 1.165) is 37.8 Å². The SMILES string of the molecule is CCCCN1C(=O)[C@@H](CC2(O)CCCC2)NC(=O)C12CCN(Cc1ccc(Oc3ccc(C(=O)NC)cc3)cc1)CC2. The van der Waals surface area contributed by atoms with Crippen molar-refractivity contribution in [1.29, 1.82) is 0 Å². The molecular formula is C33H44N4O5. The summed E-state index contributed by atoms with van der Waals surface area (Å²) in [6.07, 6.45) is 6.63. The Balaban J connectivity index is 1.19. The molecule has 0 radical (unpaired) electrons. The van der Waals surface area contributed by atoms with Crippen LogP contribution in [0.3, 0.4) is 0 Å². The molecule has 3 amide bonds. The molecule has 226 valence electrons. The number of rotatable bonds is 10. The zero-order valence-corrected chi connectivity index (χ0v) is 24.9. The van der Waals surface area contributed by atoms with E-state index in [4.69, 9.17) is 4.74 Å². The van der Waals surface area contributed by atoms with Crippen LogP contribution in [0, 0.1) is 0 Å². The van der Waals surface area contributed by atoms with Crippen LogP contribution in [-0.4, -0.2) is 76.5 Å². The quantitative estimate of drug-likeness (QED) is 0.395. The van der Waals surface area contributed by atoms with Gasteiger partial charge in [-0.1, -0.05) is 38.3 Å². The Morgan fingerprint density at radius 3 is 2.21 bits per heavy atom. The molecule has 1 spiro atoms. The zero-order chi connectivity index (χ0) is 29.7. The molecule has 0 aromatic heterocycles. The number of hydrogen-bond donors (Lipinski definition) is 3. The van der Waals surface area contributed by atoms with Gasteiger partial charge in [-0.25, -0.2) is 0 Å². The first-order chi connectivity index (χ1) is 20.2. The smallest absolute Gasteiger partial charge is 0.251 e. The normalized spacial score (nSPS) is 21.8. The highest BCUT2D eigenvalue weighted by molar-refractivity contribution is 6.00. The van der Waals surface area contributed by atoms with Crippen LogP contribution in [0.2, 0.25) is 0 Å². The van der Waals surface area contributed by atoms with Crippen LogP contribution in [-0.2, 0) is 16.1 Å². The number of amides is 3. The maximum Gasteiger partial charge on any atom is 0.251 e. The number of likely N-dealkylation sites (tertiary alicyclic amines) is 1. The summed E-state index contributed by atoms with van der Waals surface area (Å²) in [5.41, 5.74) is 0.0538. The van der Waals surface area contributed by atoms with Crippen molar-refractivity contribution in [3.8, 4) is 11.5 Å². The predicted molar refractivity (Wildman–Crippen MR) is 160 cm³/mol. The van der Waals surface area contributed by atoms with Crippen molar-refractivity contribution in [2.75, 3.05) is 26.7 Å². The van der Waals surface area contributed by atoms with Gasteiger partial charge in [0.1, 0.15) is 23.1 Å². The molecule has 2 aromatic carbocycles. The van der Waals surface area contributed by atoms with Crippen molar-refractivity contribution in [3.63, 3.8) is 0 Å². The molecule has 2 aliphatic heterocycles. The molecular weight excluding hydrogens is 532 g/mol. The first kappa shape index (κ1) is 30.0. The standard InChI is InChI=1S/C33H44N4O5/c1-3-4-19-37-30(39)28(22-32(41)15-5-6-16-32)35-31(40)33(37)17-20-36(21-18-33)23-24-7-11-26(12-8-24)42-27-13-9-25(10-14-27)29(38)34-2/h7-14,28,41H,3-6,15-23H2,1-2H3,(H,34,38)(H,35,40)/t28-/m1/s1. The van der Waals surface area contributed by atoms with E-state index >= 15 is 0 Å². The third kappa shape index (κ3) is 6.47. The van der Waals surface area contributed by atoms with Gasteiger partial charge in [0.2, 0.25) is 11.8 Å². The zero-order valence-electron chi connectivity index (χ0n) is 24.9. The Hall–Kier alpha value is -3.43. The number of nitrogens with one attached hydrogen (secondary N) is 2. The number of hydrogen-bond acceptors (Lipinski definition) is 6. The van der Waals surface area contributed by atoms with E-state index in [-0.39, 0.29) is 17.7 Å². The summed E-state index contributed by atoms with van der Waals surface area (Å²) in [5.74, 6) is 1.14. The van der Waals surface area contributed by atoms with E-state index in [1.807, 2.05) is 29.2 Å². The van der Waals surface area contributed by atoms with Gasteiger partial charge in [-0.15, -0.1) is 0 Å². The molecule has 42 heavy (non-hydrogen) atoms. The molecule has 2 saturated heterocycles. The first-order valence-corrected chi connectivity index (χ1v) is 15.4. The molecule has 0 unspecified atom stereocenters. The summed E-state index contributed by atoms with van der Waals surface area (Å²) in [6, 6.07) is 14.3. The van der Waals surface area contributed by atoms with Gasteiger partial charge < -0.3 is 25.4 Å². The Labute approximate surface area is 248 Å². The Morgan fingerprint density at radius 2 is 1.62 bits per heavy atom. The van der Waals surface area contributed by atoms with Crippen molar-refractivity contribution in [2.24, 2.45) is 0 Å². The molecule has 2 heterocycles. The molecule has 9 nitrogen and oxygen atoms in total. The monoisotopic (exact) mass is 576 g/mol. The number of piperidine rings is 1. The van der Waals surface area contributed by atoms with Crippen molar-refractivity contribution < 1.29 is 24.2 Å². The molecule has 2 aromatic rings. The number of benzene rings is 2. The number of ether oxygens (including phenoxy) is 1. The van der Waals surface area contributed by atoms with Crippen LogP contribution in [0.15, 0.2) is 48.5 Å². The third-order valence-electron chi connectivity index (χ3n) is 9.25. The number of nitrogens with zero attached hydrogens (tertiary/aromatic N) is 2. The number of aliphatic hydroxyl groups is 1. The maximum atomic E-state index is 13.7. The van der Waals surface area contributed by atoms with Crippen molar-refractivity contribution in [2.45, 2.75) is 88.4 Å². The van der Waals surface area contributed by atoms with E-state index in [0.29, 0.717) is 68.8 Å². The molecule has 3 N–H and O–H groups in total. The molecule has 0 bridgehead atoms. The van der Waals surface area contributed by atoms with Gasteiger partial charge in [-0.05, 0) is 74.1 Å². The van der Waals surface area contributed by atoms with Crippen molar-refractivity contribution in [1.82, 2.24) is 20.4 Å². The minimum Gasteiger partial charge on any atom is -0.457 e. The molecule has 3 aliphatic rings. The van der Waals surface area contributed by atoms with Crippen LogP contribution in [0.25, 0.3) is 0 Å². The summed E-state index contributed by atoms with van der Waals surface area (Å²) in [7, 11) is 1.60. The lowest BCUT2D eigenvalue weighted by Crippen LogP contribution is -2.73. The molecule has 9 heteroatoms. The van der Waals surface area contributed by atoms with Crippen LogP contribution in [0.5, 0.6) is 11.5 Å². The van der Waals surface area contributed by atoms with Crippen molar-refractivity contribution in [3.05, 3.63) is 59.7 Å². The number of piperazine rings is 1. The van der Waals surface area contributed by atoms with E-state index in [9.17, 15) is 19.5 Å². The second kappa shape index (κ2) is 12.8. The fraction of sp³-hybridized carbons (Fsp3) is 0.545. The second-order valence-corrected chi connectivity index (χ2v) is 12.2. The fourth-order valence-electron chi connectivity index (χ4n) is 6.73. The van der Waals surface area contributed by atoms with Gasteiger partial charge in [-0.2, -0.15) is 0 Å². The number of carbonyl (C=O) groups is 3. The fourth-order valence-corrected chi connectivity index (χ4v) is 6.73. The van der Waals surface area contributed by atoms with E-state index in [1.54, 1.807) is 31.3 Å². The highest BCUT2D eigenvalue weighted by Gasteiger charge is 2.54.